The Hall–Kier alpha value is -3.49. The molecule has 0 aliphatic heterocycles. The van der Waals surface area contributed by atoms with Crippen molar-refractivity contribution in [1.82, 2.24) is 9.30 Å². The third-order valence-electron chi connectivity index (χ3n) is 4.00. The first-order valence-corrected chi connectivity index (χ1v) is 7.74. The molecule has 3 aromatic rings. The van der Waals surface area contributed by atoms with Gasteiger partial charge in [0.05, 0.1) is 5.56 Å². The second-order valence-corrected chi connectivity index (χ2v) is 5.80. The lowest BCUT2D eigenvalue weighted by molar-refractivity contribution is -0.137. The SMILES string of the molecule is Cn1c(Nc2ccc(-c3ccc(C(F)(F)F)cc3)cc2)cc(=O)n(O)c1=O. The summed E-state index contributed by atoms with van der Waals surface area (Å²) in [6.45, 7) is 0. The number of anilines is 2. The second kappa shape index (κ2) is 6.67. The molecule has 1 heterocycles. The van der Waals surface area contributed by atoms with Crippen molar-refractivity contribution >= 4 is 11.5 Å². The summed E-state index contributed by atoms with van der Waals surface area (Å²) in [7, 11) is 1.38. The van der Waals surface area contributed by atoms with Gasteiger partial charge in [0, 0.05) is 18.8 Å². The molecule has 27 heavy (non-hydrogen) atoms. The standard InChI is InChI=1S/C18H14F3N3O3/c1-23-15(10-16(25)24(27)17(23)26)22-14-8-4-12(5-9-14)11-2-6-13(7-3-11)18(19,20)21/h2-10,22,27H,1H3. The summed E-state index contributed by atoms with van der Waals surface area (Å²) in [6.07, 6.45) is -4.38. The molecule has 0 amide bonds. The monoisotopic (exact) mass is 377 g/mol. The maximum atomic E-state index is 12.6. The molecule has 0 bridgehead atoms. The molecule has 0 radical (unpaired) electrons. The van der Waals surface area contributed by atoms with Crippen LogP contribution in [-0.4, -0.2) is 14.5 Å². The Morgan fingerprint density at radius 1 is 0.926 bits per heavy atom. The van der Waals surface area contributed by atoms with Crippen molar-refractivity contribution in [3.8, 4) is 11.1 Å². The average molecular weight is 377 g/mol. The Kier molecular flexibility index (Phi) is 4.52. The molecular weight excluding hydrogens is 363 g/mol. The number of nitrogens with zero attached hydrogens (tertiary/aromatic N) is 2. The molecule has 0 unspecified atom stereocenters. The summed E-state index contributed by atoms with van der Waals surface area (Å²) in [5, 5.41) is 12.2. The van der Waals surface area contributed by atoms with E-state index in [2.05, 4.69) is 5.32 Å². The molecule has 2 aromatic carbocycles. The molecule has 0 spiro atoms. The van der Waals surface area contributed by atoms with Gasteiger partial charge in [-0.3, -0.25) is 9.36 Å². The first-order valence-electron chi connectivity index (χ1n) is 7.74. The molecule has 140 valence electrons. The van der Waals surface area contributed by atoms with E-state index in [0.29, 0.717) is 16.8 Å². The van der Waals surface area contributed by atoms with Crippen LogP contribution >= 0.6 is 0 Å². The summed E-state index contributed by atoms with van der Waals surface area (Å²) in [5.41, 5.74) is -0.619. The largest absolute Gasteiger partial charge is 0.421 e. The lowest BCUT2D eigenvalue weighted by Gasteiger charge is -2.12. The fourth-order valence-corrected chi connectivity index (χ4v) is 2.48. The van der Waals surface area contributed by atoms with E-state index in [0.717, 1.165) is 22.8 Å². The minimum Gasteiger partial charge on any atom is -0.421 e. The van der Waals surface area contributed by atoms with E-state index in [1.54, 1.807) is 24.3 Å². The van der Waals surface area contributed by atoms with Gasteiger partial charge in [-0.2, -0.15) is 13.2 Å². The molecule has 9 heteroatoms. The highest BCUT2D eigenvalue weighted by atomic mass is 19.4. The van der Waals surface area contributed by atoms with Crippen LogP contribution in [0.15, 0.2) is 64.2 Å². The highest BCUT2D eigenvalue weighted by Crippen LogP contribution is 2.31. The van der Waals surface area contributed by atoms with Gasteiger partial charge in [-0.1, -0.05) is 29.0 Å². The van der Waals surface area contributed by atoms with E-state index in [1.165, 1.54) is 19.2 Å². The fourth-order valence-electron chi connectivity index (χ4n) is 2.48. The van der Waals surface area contributed by atoms with Crippen molar-refractivity contribution in [2.24, 2.45) is 7.05 Å². The Labute approximate surface area is 150 Å². The van der Waals surface area contributed by atoms with Crippen LogP contribution in [0.3, 0.4) is 0 Å². The van der Waals surface area contributed by atoms with Crippen LogP contribution in [0.5, 0.6) is 0 Å². The first-order chi connectivity index (χ1) is 12.7. The summed E-state index contributed by atoms with van der Waals surface area (Å²) in [4.78, 5) is 23.2. The zero-order valence-corrected chi connectivity index (χ0v) is 14.0. The predicted molar refractivity (Wildman–Crippen MR) is 93.3 cm³/mol. The maximum absolute atomic E-state index is 12.6. The minimum absolute atomic E-state index is 0.00110. The van der Waals surface area contributed by atoms with Gasteiger partial charge in [0.2, 0.25) is 0 Å². The van der Waals surface area contributed by atoms with Crippen LogP contribution < -0.4 is 16.6 Å². The molecule has 0 saturated heterocycles. The number of rotatable bonds is 3. The minimum atomic E-state index is -4.38. The van der Waals surface area contributed by atoms with Gasteiger partial charge in [-0.25, -0.2) is 4.79 Å². The maximum Gasteiger partial charge on any atom is 0.416 e. The highest BCUT2D eigenvalue weighted by molar-refractivity contribution is 5.68. The van der Waals surface area contributed by atoms with Gasteiger partial charge >= 0.3 is 11.9 Å². The van der Waals surface area contributed by atoms with E-state index in [9.17, 15) is 28.0 Å². The third kappa shape index (κ3) is 3.71. The van der Waals surface area contributed by atoms with Crippen molar-refractivity contribution in [2.45, 2.75) is 6.18 Å². The van der Waals surface area contributed by atoms with Crippen molar-refractivity contribution in [3.05, 3.63) is 81.0 Å². The molecule has 6 nitrogen and oxygen atoms in total. The van der Waals surface area contributed by atoms with E-state index in [1.807, 2.05) is 0 Å². The van der Waals surface area contributed by atoms with E-state index >= 15 is 0 Å². The lowest BCUT2D eigenvalue weighted by Crippen LogP contribution is -2.37. The molecule has 0 atom stereocenters. The number of hydrogen-bond acceptors (Lipinski definition) is 4. The predicted octanol–water partition coefficient (Wildman–Crippen LogP) is 3.21. The molecule has 0 aliphatic carbocycles. The number of hydrogen-bond donors (Lipinski definition) is 2. The summed E-state index contributed by atoms with van der Waals surface area (Å²) in [6, 6.07) is 12.6. The Morgan fingerprint density at radius 2 is 1.44 bits per heavy atom. The Balaban J connectivity index is 1.84. The van der Waals surface area contributed by atoms with E-state index < -0.39 is 23.0 Å². The van der Waals surface area contributed by atoms with Gasteiger partial charge < -0.3 is 10.5 Å². The number of alkyl halides is 3. The van der Waals surface area contributed by atoms with Crippen LogP contribution in [0.1, 0.15) is 5.56 Å². The summed E-state index contributed by atoms with van der Waals surface area (Å²) < 4.78 is 38.9. The van der Waals surface area contributed by atoms with Crippen LogP contribution in [0.2, 0.25) is 0 Å². The van der Waals surface area contributed by atoms with Gasteiger partial charge in [0.15, 0.2) is 0 Å². The molecule has 0 saturated carbocycles. The van der Waals surface area contributed by atoms with Gasteiger partial charge in [-0.05, 0) is 35.4 Å². The normalized spacial score (nSPS) is 11.4. The molecule has 3 rings (SSSR count). The van der Waals surface area contributed by atoms with Crippen LogP contribution in [-0.2, 0) is 13.2 Å². The average Bonchev–Trinajstić information content (AvgIpc) is 2.64. The number of nitrogens with one attached hydrogen (secondary N) is 1. The zero-order valence-electron chi connectivity index (χ0n) is 14.0. The quantitative estimate of drug-likeness (QED) is 0.688. The van der Waals surface area contributed by atoms with Crippen molar-refractivity contribution < 1.29 is 18.4 Å². The molecule has 2 N–H and O–H groups in total. The third-order valence-corrected chi connectivity index (χ3v) is 4.00. The van der Waals surface area contributed by atoms with Crippen molar-refractivity contribution in [1.29, 1.82) is 0 Å². The van der Waals surface area contributed by atoms with Crippen molar-refractivity contribution in [3.63, 3.8) is 0 Å². The Bertz CT molecular complexity index is 1080. The molecular formula is C18H14F3N3O3. The number of aromatic nitrogens is 2. The second-order valence-electron chi connectivity index (χ2n) is 5.80. The van der Waals surface area contributed by atoms with Gasteiger partial charge in [-0.15, -0.1) is 0 Å². The molecule has 1 aromatic heterocycles. The summed E-state index contributed by atoms with van der Waals surface area (Å²) in [5.74, 6) is 0.178. The van der Waals surface area contributed by atoms with Crippen LogP contribution in [0, 0.1) is 0 Å². The number of halogens is 3. The topological polar surface area (TPSA) is 76.3 Å². The van der Waals surface area contributed by atoms with Crippen LogP contribution in [0.4, 0.5) is 24.7 Å². The van der Waals surface area contributed by atoms with Gasteiger partial charge in [0.1, 0.15) is 5.82 Å². The van der Waals surface area contributed by atoms with E-state index in [-0.39, 0.29) is 10.5 Å². The molecule has 0 fully saturated rings. The molecule has 0 aliphatic rings. The smallest absolute Gasteiger partial charge is 0.416 e. The van der Waals surface area contributed by atoms with Crippen LogP contribution in [0.25, 0.3) is 11.1 Å². The summed E-state index contributed by atoms with van der Waals surface area (Å²) >= 11 is 0. The van der Waals surface area contributed by atoms with Gasteiger partial charge in [0.25, 0.3) is 5.56 Å². The van der Waals surface area contributed by atoms with Crippen molar-refractivity contribution in [2.75, 3.05) is 5.32 Å². The number of benzene rings is 2. The Morgan fingerprint density at radius 3 is 1.96 bits per heavy atom. The first kappa shape index (κ1) is 18.3. The lowest BCUT2D eigenvalue weighted by atomic mass is 10.0. The fraction of sp³-hybridized carbons (Fsp3) is 0.111. The zero-order chi connectivity index (χ0) is 19.8. The highest BCUT2D eigenvalue weighted by Gasteiger charge is 2.29. The van der Waals surface area contributed by atoms with E-state index in [4.69, 9.17) is 0 Å².